The minimum Gasteiger partial charge on any atom is -0.0882 e. The lowest BCUT2D eigenvalue weighted by Crippen LogP contribution is -1.73. The Kier molecular flexibility index (Phi) is 8.20. The normalized spacial score (nSPS) is 12.8. The van der Waals surface area contributed by atoms with E-state index in [4.69, 9.17) is 0 Å². The van der Waals surface area contributed by atoms with E-state index in [2.05, 4.69) is 39.0 Å². The second-order valence-electron chi connectivity index (χ2n) is 3.28. The zero-order valence-corrected chi connectivity index (χ0v) is 8.77. The van der Waals surface area contributed by atoms with E-state index in [0.717, 1.165) is 12.8 Å². The van der Waals surface area contributed by atoms with Gasteiger partial charge in [-0.2, -0.15) is 0 Å². The number of hydrogen-bond acceptors (Lipinski definition) is 0. The third-order valence-corrected chi connectivity index (χ3v) is 1.88. The molecule has 12 heavy (non-hydrogen) atoms. The minimum atomic E-state index is 1.14. The Balaban J connectivity index is 3.40. The van der Waals surface area contributed by atoms with Gasteiger partial charge in [0.1, 0.15) is 0 Å². The van der Waals surface area contributed by atoms with Crippen molar-refractivity contribution in [3.63, 3.8) is 0 Å². The highest BCUT2D eigenvalue weighted by atomic mass is 13.9. The van der Waals surface area contributed by atoms with Crippen LogP contribution in [0.25, 0.3) is 0 Å². The fourth-order valence-corrected chi connectivity index (χ4v) is 1.14. The second-order valence-corrected chi connectivity index (χ2v) is 3.28. The summed E-state index contributed by atoms with van der Waals surface area (Å²) in [5, 5.41) is 0. The van der Waals surface area contributed by atoms with Crippen LogP contribution in [-0.2, 0) is 0 Å². The second kappa shape index (κ2) is 8.58. The molecule has 0 heteroatoms. The molecule has 0 heterocycles. The summed E-state index contributed by atoms with van der Waals surface area (Å²) in [6.45, 7) is 6.62. The number of rotatable bonds is 6. The van der Waals surface area contributed by atoms with Crippen molar-refractivity contribution in [2.75, 3.05) is 0 Å². The Morgan fingerprint density at radius 2 is 1.92 bits per heavy atom. The monoisotopic (exact) mass is 166 g/mol. The van der Waals surface area contributed by atoms with Gasteiger partial charge in [0.05, 0.1) is 0 Å². The first-order chi connectivity index (χ1) is 5.81. The van der Waals surface area contributed by atoms with E-state index in [-0.39, 0.29) is 0 Å². The maximum atomic E-state index is 2.30. The van der Waals surface area contributed by atoms with Gasteiger partial charge in [0.2, 0.25) is 0 Å². The third-order valence-electron chi connectivity index (χ3n) is 1.88. The third kappa shape index (κ3) is 7.59. The van der Waals surface area contributed by atoms with Gasteiger partial charge in [-0.1, -0.05) is 50.5 Å². The van der Waals surface area contributed by atoms with E-state index in [0.29, 0.717) is 0 Å². The largest absolute Gasteiger partial charge is 0.0882 e. The van der Waals surface area contributed by atoms with E-state index < -0.39 is 0 Å². The molecule has 70 valence electrons. The highest BCUT2D eigenvalue weighted by Crippen LogP contribution is 2.03. The van der Waals surface area contributed by atoms with Crippen LogP contribution in [-0.4, -0.2) is 0 Å². The molecular formula is C12H22. The molecule has 0 aliphatic carbocycles. The summed E-state index contributed by atoms with van der Waals surface area (Å²) in [5.74, 6) is 0. The Hall–Kier alpha value is -0.520. The average molecular weight is 166 g/mol. The van der Waals surface area contributed by atoms with Crippen LogP contribution in [0, 0.1) is 0 Å². The average Bonchev–Trinajstić information content (AvgIpc) is 2.05. The Morgan fingerprint density at radius 3 is 2.50 bits per heavy atom. The summed E-state index contributed by atoms with van der Waals surface area (Å²) < 4.78 is 0. The maximum Gasteiger partial charge on any atom is -0.0142 e. The van der Waals surface area contributed by atoms with Crippen LogP contribution >= 0.6 is 0 Å². The molecular weight excluding hydrogens is 144 g/mol. The highest BCUT2D eigenvalue weighted by molar-refractivity contribution is 5.03. The van der Waals surface area contributed by atoms with Crippen molar-refractivity contribution in [3.8, 4) is 0 Å². The SMILES string of the molecule is CCC=C(C)CC=CCCCC. The predicted octanol–water partition coefficient (Wildman–Crippen LogP) is 4.48. The lowest BCUT2D eigenvalue weighted by atomic mass is 10.1. The van der Waals surface area contributed by atoms with Crippen molar-refractivity contribution in [2.24, 2.45) is 0 Å². The van der Waals surface area contributed by atoms with Crippen molar-refractivity contribution in [1.29, 1.82) is 0 Å². The van der Waals surface area contributed by atoms with Crippen molar-refractivity contribution in [1.82, 2.24) is 0 Å². The van der Waals surface area contributed by atoms with Gasteiger partial charge in [-0.3, -0.25) is 0 Å². The number of hydrogen-bond donors (Lipinski definition) is 0. The van der Waals surface area contributed by atoms with Crippen molar-refractivity contribution in [3.05, 3.63) is 23.8 Å². The van der Waals surface area contributed by atoms with Gasteiger partial charge in [0.25, 0.3) is 0 Å². The molecule has 0 saturated carbocycles. The van der Waals surface area contributed by atoms with Crippen LogP contribution in [0.4, 0.5) is 0 Å². The number of unbranched alkanes of at least 4 members (excludes halogenated alkanes) is 2. The van der Waals surface area contributed by atoms with Gasteiger partial charge in [0, 0.05) is 0 Å². The molecule has 0 amide bonds. The van der Waals surface area contributed by atoms with E-state index in [1.165, 1.54) is 24.8 Å². The lowest BCUT2D eigenvalue weighted by molar-refractivity contribution is 0.813. The fourth-order valence-electron chi connectivity index (χ4n) is 1.14. The van der Waals surface area contributed by atoms with Gasteiger partial charge in [-0.25, -0.2) is 0 Å². The molecule has 0 nitrogen and oxygen atoms in total. The van der Waals surface area contributed by atoms with Crippen LogP contribution in [0.1, 0.15) is 52.9 Å². The van der Waals surface area contributed by atoms with E-state index in [9.17, 15) is 0 Å². The predicted molar refractivity (Wildman–Crippen MR) is 57.3 cm³/mol. The fraction of sp³-hybridized carbons (Fsp3) is 0.667. The molecule has 0 bridgehead atoms. The molecule has 0 saturated heterocycles. The van der Waals surface area contributed by atoms with Gasteiger partial charge in [0.15, 0.2) is 0 Å². The molecule has 0 aromatic carbocycles. The van der Waals surface area contributed by atoms with E-state index in [1.54, 1.807) is 0 Å². The molecule has 0 aromatic rings. The molecule has 0 aromatic heterocycles. The zero-order chi connectivity index (χ0) is 9.23. The van der Waals surface area contributed by atoms with Crippen molar-refractivity contribution >= 4 is 0 Å². The minimum absolute atomic E-state index is 1.14. The number of allylic oxidation sites excluding steroid dienone is 4. The first-order valence-corrected chi connectivity index (χ1v) is 5.11. The van der Waals surface area contributed by atoms with Crippen LogP contribution in [0.2, 0.25) is 0 Å². The Bertz CT molecular complexity index is 140. The topological polar surface area (TPSA) is 0 Å². The molecule has 0 fully saturated rings. The molecule has 0 aliphatic heterocycles. The van der Waals surface area contributed by atoms with Gasteiger partial charge >= 0.3 is 0 Å². The van der Waals surface area contributed by atoms with Crippen molar-refractivity contribution in [2.45, 2.75) is 52.9 Å². The molecule has 0 radical (unpaired) electrons. The van der Waals surface area contributed by atoms with Crippen molar-refractivity contribution < 1.29 is 0 Å². The Labute approximate surface area is 77.4 Å². The van der Waals surface area contributed by atoms with Gasteiger partial charge in [-0.15, -0.1) is 0 Å². The van der Waals surface area contributed by atoms with Crippen LogP contribution in [0.3, 0.4) is 0 Å². The van der Waals surface area contributed by atoms with Gasteiger partial charge in [-0.05, 0) is 26.2 Å². The lowest BCUT2D eigenvalue weighted by Gasteiger charge is -1.93. The summed E-state index contributed by atoms with van der Waals surface area (Å²) in [6.07, 6.45) is 13.1. The zero-order valence-electron chi connectivity index (χ0n) is 8.77. The summed E-state index contributed by atoms with van der Waals surface area (Å²) in [4.78, 5) is 0. The van der Waals surface area contributed by atoms with Gasteiger partial charge < -0.3 is 0 Å². The molecule has 0 atom stereocenters. The summed E-state index contributed by atoms with van der Waals surface area (Å²) in [7, 11) is 0. The quantitative estimate of drug-likeness (QED) is 0.403. The smallest absolute Gasteiger partial charge is 0.0142 e. The first-order valence-electron chi connectivity index (χ1n) is 5.11. The molecule has 0 spiro atoms. The van der Waals surface area contributed by atoms with E-state index >= 15 is 0 Å². The highest BCUT2D eigenvalue weighted by Gasteiger charge is 1.83. The molecule has 0 unspecified atom stereocenters. The standard InChI is InChI=1S/C12H22/c1-4-6-7-8-9-11-12(3)10-5-2/h8-10H,4-7,11H2,1-3H3. The van der Waals surface area contributed by atoms with E-state index in [1.807, 2.05) is 0 Å². The molecule has 0 aliphatic rings. The van der Waals surface area contributed by atoms with Crippen LogP contribution < -0.4 is 0 Å². The summed E-state index contributed by atoms with van der Waals surface area (Å²) in [5.41, 5.74) is 1.49. The summed E-state index contributed by atoms with van der Waals surface area (Å²) >= 11 is 0. The molecule has 0 rings (SSSR count). The Morgan fingerprint density at radius 1 is 1.17 bits per heavy atom. The van der Waals surface area contributed by atoms with Crippen LogP contribution in [0.15, 0.2) is 23.8 Å². The van der Waals surface area contributed by atoms with Crippen LogP contribution in [0.5, 0.6) is 0 Å². The summed E-state index contributed by atoms with van der Waals surface area (Å²) in [6, 6.07) is 0. The maximum absolute atomic E-state index is 2.30. The molecule has 0 N–H and O–H groups in total. The first kappa shape index (κ1) is 11.5.